The van der Waals surface area contributed by atoms with Crippen LogP contribution in [0, 0.1) is 5.92 Å². The molecule has 0 saturated carbocycles. The average molecular weight is 355 g/mol. The lowest BCUT2D eigenvalue weighted by Gasteiger charge is -2.32. The zero-order chi connectivity index (χ0) is 18.4. The van der Waals surface area contributed by atoms with Crippen molar-refractivity contribution in [2.75, 3.05) is 38.8 Å². The number of piperidine rings is 1. The number of rotatable bonds is 6. The molecular formula is C20H25N3O3. The molecule has 1 aromatic carbocycles. The third-order valence-corrected chi connectivity index (χ3v) is 4.75. The minimum absolute atomic E-state index is 0.102. The number of aromatic nitrogens is 1. The Bertz CT molecular complexity index is 706. The number of anilines is 1. The van der Waals surface area contributed by atoms with Crippen molar-refractivity contribution in [1.82, 2.24) is 10.3 Å². The summed E-state index contributed by atoms with van der Waals surface area (Å²) in [4.78, 5) is 19.2. The molecule has 1 aliphatic rings. The molecule has 0 radical (unpaired) electrons. The highest BCUT2D eigenvalue weighted by Gasteiger charge is 2.21. The minimum atomic E-state index is -0.102. The van der Waals surface area contributed by atoms with Gasteiger partial charge >= 0.3 is 0 Å². The fourth-order valence-electron chi connectivity index (χ4n) is 3.18. The Hall–Kier alpha value is -2.76. The van der Waals surface area contributed by atoms with E-state index in [4.69, 9.17) is 9.47 Å². The van der Waals surface area contributed by atoms with E-state index < -0.39 is 0 Å². The van der Waals surface area contributed by atoms with E-state index in [1.54, 1.807) is 32.4 Å². The molecule has 0 atom stereocenters. The second-order valence-electron chi connectivity index (χ2n) is 6.43. The Morgan fingerprint density at radius 2 is 1.85 bits per heavy atom. The number of carbonyl (C=O) groups excluding carboxylic acids is 1. The first-order valence-electron chi connectivity index (χ1n) is 8.87. The molecular weight excluding hydrogens is 330 g/mol. The number of hydrogen-bond acceptors (Lipinski definition) is 5. The number of carbonyl (C=O) groups is 1. The Kier molecular flexibility index (Phi) is 5.94. The third kappa shape index (κ3) is 4.45. The second kappa shape index (κ2) is 8.56. The predicted molar refractivity (Wildman–Crippen MR) is 101 cm³/mol. The summed E-state index contributed by atoms with van der Waals surface area (Å²) in [5.74, 6) is 2.62. The molecule has 1 N–H and O–H groups in total. The van der Waals surface area contributed by atoms with Crippen molar-refractivity contribution in [3.8, 4) is 11.5 Å². The first-order valence-corrected chi connectivity index (χ1v) is 8.87. The second-order valence-corrected chi connectivity index (χ2v) is 6.43. The number of ether oxygens (including phenoxy) is 2. The normalized spacial score (nSPS) is 14.8. The van der Waals surface area contributed by atoms with Crippen molar-refractivity contribution in [2.45, 2.75) is 12.8 Å². The zero-order valence-corrected chi connectivity index (χ0v) is 15.3. The molecule has 1 aliphatic heterocycles. The van der Waals surface area contributed by atoms with Gasteiger partial charge in [-0.2, -0.15) is 0 Å². The van der Waals surface area contributed by atoms with Crippen LogP contribution < -0.4 is 19.7 Å². The van der Waals surface area contributed by atoms with Gasteiger partial charge in [0.25, 0.3) is 5.91 Å². The number of amides is 1. The van der Waals surface area contributed by atoms with Crippen molar-refractivity contribution in [3.63, 3.8) is 0 Å². The highest BCUT2D eigenvalue weighted by atomic mass is 16.5. The molecule has 0 spiro atoms. The van der Waals surface area contributed by atoms with Gasteiger partial charge in [0.15, 0.2) is 0 Å². The minimum Gasteiger partial charge on any atom is -0.497 e. The van der Waals surface area contributed by atoms with E-state index in [0.29, 0.717) is 29.5 Å². The van der Waals surface area contributed by atoms with Crippen LogP contribution in [-0.2, 0) is 0 Å². The van der Waals surface area contributed by atoms with Crippen molar-refractivity contribution in [1.29, 1.82) is 0 Å². The first kappa shape index (κ1) is 18.0. The number of pyridine rings is 1. The molecule has 1 amide bonds. The Labute approximate surface area is 154 Å². The summed E-state index contributed by atoms with van der Waals surface area (Å²) >= 11 is 0. The molecule has 2 heterocycles. The molecule has 0 bridgehead atoms. The summed E-state index contributed by atoms with van der Waals surface area (Å²) in [6.45, 7) is 2.60. The molecule has 1 aromatic heterocycles. The van der Waals surface area contributed by atoms with E-state index in [-0.39, 0.29) is 5.91 Å². The highest BCUT2D eigenvalue weighted by Crippen LogP contribution is 2.23. The molecule has 2 aromatic rings. The van der Waals surface area contributed by atoms with E-state index in [1.807, 2.05) is 24.4 Å². The van der Waals surface area contributed by atoms with Crippen molar-refractivity contribution in [3.05, 3.63) is 48.2 Å². The van der Waals surface area contributed by atoms with Crippen molar-refractivity contribution < 1.29 is 14.3 Å². The fourth-order valence-corrected chi connectivity index (χ4v) is 3.18. The van der Waals surface area contributed by atoms with Gasteiger partial charge in [-0.3, -0.25) is 4.79 Å². The average Bonchev–Trinajstić information content (AvgIpc) is 2.72. The third-order valence-electron chi connectivity index (χ3n) is 4.75. The quantitative estimate of drug-likeness (QED) is 0.863. The molecule has 0 unspecified atom stereocenters. The van der Waals surface area contributed by atoms with E-state index >= 15 is 0 Å². The summed E-state index contributed by atoms with van der Waals surface area (Å²) in [6.07, 6.45) is 3.90. The summed E-state index contributed by atoms with van der Waals surface area (Å²) in [5.41, 5.74) is 0.548. The molecule has 1 fully saturated rings. The first-order chi connectivity index (χ1) is 12.7. The standard InChI is InChI=1S/C20H25N3O3/c1-25-17-11-16(12-18(13-17)26-2)20(24)22-14-15-6-9-23(10-7-15)19-5-3-4-8-21-19/h3-5,8,11-13,15H,6-7,9-10,14H2,1-2H3,(H,22,24). The maximum absolute atomic E-state index is 12.5. The maximum atomic E-state index is 12.5. The monoisotopic (exact) mass is 355 g/mol. The van der Waals surface area contributed by atoms with Gasteiger partial charge in [0.05, 0.1) is 14.2 Å². The van der Waals surface area contributed by atoms with Gasteiger partial charge in [-0.25, -0.2) is 4.98 Å². The van der Waals surface area contributed by atoms with Crippen LogP contribution in [-0.4, -0.2) is 44.7 Å². The summed E-state index contributed by atoms with van der Waals surface area (Å²) in [6, 6.07) is 11.2. The highest BCUT2D eigenvalue weighted by molar-refractivity contribution is 5.95. The van der Waals surface area contributed by atoms with Gasteiger partial charge in [-0.1, -0.05) is 6.07 Å². The summed E-state index contributed by atoms with van der Waals surface area (Å²) in [7, 11) is 3.15. The molecule has 138 valence electrons. The van der Waals surface area contributed by atoms with Gasteiger partial charge < -0.3 is 19.7 Å². The maximum Gasteiger partial charge on any atom is 0.251 e. The number of methoxy groups -OCH3 is 2. The number of nitrogens with zero attached hydrogens (tertiary/aromatic N) is 2. The van der Waals surface area contributed by atoms with Crippen LogP contribution in [0.5, 0.6) is 11.5 Å². The largest absolute Gasteiger partial charge is 0.497 e. The Balaban J connectivity index is 1.51. The number of nitrogens with one attached hydrogen (secondary N) is 1. The van der Waals surface area contributed by atoms with Gasteiger partial charge in [-0.05, 0) is 43.0 Å². The molecule has 0 aliphatic carbocycles. The van der Waals surface area contributed by atoms with Crippen LogP contribution in [0.2, 0.25) is 0 Å². The van der Waals surface area contributed by atoms with E-state index in [0.717, 1.165) is 31.7 Å². The van der Waals surface area contributed by atoms with E-state index in [2.05, 4.69) is 15.2 Å². The Morgan fingerprint density at radius 3 is 2.42 bits per heavy atom. The zero-order valence-electron chi connectivity index (χ0n) is 15.3. The molecule has 6 heteroatoms. The molecule has 3 rings (SSSR count). The molecule has 26 heavy (non-hydrogen) atoms. The summed E-state index contributed by atoms with van der Waals surface area (Å²) in [5, 5.41) is 3.04. The SMILES string of the molecule is COc1cc(OC)cc(C(=O)NCC2CCN(c3ccccn3)CC2)c1. The van der Waals surface area contributed by atoms with Gasteiger partial charge in [0.2, 0.25) is 0 Å². The van der Waals surface area contributed by atoms with Crippen molar-refractivity contribution in [2.24, 2.45) is 5.92 Å². The number of hydrogen-bond donors (Lipinski definition) is 1. The topological polar surface area (TPSA) is 63.7 Å². The van der Waals surface area contributed by atoms with E-state index in [9.17, 15) is 4.79 Å². The Morgan fingerprint density at radius 1 is 1.15 bits per heavy atom. The summed E-state index contributed by atoms with van der Waals surface area (Å²) < 4.78 is 10.4. The molecule has 6 nitrogen and oxygen atoms in total. The van der Waals surface area contributed by atoms with E-state index in [1.165, 1.54) is 0 Å². The van der Waals surface area contributed by atoms with Crippen LogP contribution in [0.25, 0.3) is 0 Å². The van der Waals surface area contributed by atoms with Gasteiger partial charge in [-0.15, -0.1) is 0 Å². The van der Waals surface area contributed by atoms with Crippen LogP contribution in [0.15, 0.2) is 42.6 Å². The van der Waals surface area contributed by atoms with Crippen molar-refractivity contribution >= 4 is 11.7 Å². The van der Waals surface area contributed by atoms with Gasteiger partial charge in [0.1, 0.15) is 17.3 Å². The lowest BCUT2D eigenvalue weighted by atomic mass is 9.96. The lowest BCUT2D eigenvalue weighted by Crippen LogP contribution is -2.39. The van der Waals surface area contributed by atoms with Crippen LogP contribution in [0.3, 0.4) is 0 Å². The fraction of sp³-hybridized carbons (Fsp3) is 0.400. The number of benzene rings is 1. The molecule has 1 saturated heterocycles. The predicted octanol–water partition coefficient (Wildman–Crippen LogP) is 2.75. The smallest absolute Gasteiger partial charge is 0.251 e. The lowest BCUT2D eigenvalue weighted by molar-refractivity contribution is 0.0944. The van der Waals surface area contributed by atoms with Crippen LogP contribution >= 0.6 is 0 Å². The van der Waals surface area contributed by atoms with Crippen LogP contribution in [0.4, 0.5) is 5.82 Å². The van der Waals surface area contributed by atoms with Gasteiger partial charge in [0, 0.05) is 37.5 Å². The van der Waals surface area contributed by atoms with Crippen LogP contribution in [0.1, 0.15) is 23.2 Å².